The highest BCUT2D eigenvalue weighted by Gasteiger charge is 2.42. The maximum absolute atomic E-state index is 13.5. The molecule has 1 N–H and O–H groups in total. The molecule has 32 heavy (non-hydrogen) atoms. The van der Waals surface area contributed by atoms with Crippen LogP contribution in [-0.4, -0.2) is 18.0 Å². The molecule has 5 heteroatoms. The van der Waals surface area contributed by atoms with E-state index in [1.54, 1.807) is 19.5 Å². The summed E-state index contributed by atoms with van der Waals surface area (Å²) in [6.45, 7) is 2.45. The standard InChI is InChI=1S/C27H30N2O3/c1-20(29-26(30)27(14-6-7-15-27)23-8-4-3-5-9-23)22-10-11-24(25(18-22)31-2)32-19-21-12-16-28-17-13-21/h3-5,8-13,16-18,20H,6-7,14-15,19H2,1-2H3,(H,29,30). The first kappa shape index (κ1) is 21.9. The Morgan fingerprint density at radius 3 is 2.44 bits per heavy atom. The van der Waals surface area contributed by atoms with Gasteiger partial charge in [0.05, 0.1) is 18.6 Å². The lowest BCUT2D eigenvalue weighted by atomic mass is 9.77. The zero-order valence-corrected chi connectivity index (χ0v) is 18.7. The van der Waals surface area contributed by atoms with E-state index in [4.69, 9.17) is 9.47 Å². The minimum atomic E-state index is -0.437. The van der Waals surface area contributed by atoms with Gasteiger partial charge in [-0.05, 0) is 60.7 Å². The summed E-state index contributed by atoms with van der Waals surface area (Å²) in [6.07, 6.45) is 7.43. The quantitative estimate of drug-likeness (QED) is 0.523. The molecule has 1 aliphatic carbocycles. The molecular weight excluding hydrogens is 400 g/mol. The van der Waals surface area contributed by atoms with Crippen molar-refractivity contribution in [2.45, 2.75) is 50.7 Å². The van der Waals surface area contributed by atoms with E-state index < -0.39 is 5.41 Å². The van der Waals surface area contributed by atoms with Crippen LogP contribution in [0.5, 0.6) is 11.5 Å². The van der Waals surface area contributed by atoms with Crippen LogP contribution in [0.4, 0.5) is 0 Å². The van der Waals surface area contributed by atoms with E-state index in [0.717, 1.165) is 42.4 Å². The van der Waals surface area contributed by atoms with E-state index in [2.05, 4.69) is 22.4 Å². The number of ether oxygens (including phenoxy) is 2. The SMILES string of the molecule is COc1cc(C(C)NC(=O)C2(c3ccccc3)CCCC2)ccc1OCc1ccncc1. The number of nitrogens with zero attached hydrogens (tertiary/aromatic N) is 1. The molecule has 1 saturated carbocycles. The molecule has 1 aliphatic rings. The van der Waals surface area contributed by atoms with Crippen LogP contribution < -0.4 is 14.8 Å². The molecule has 0 spiro atoms. The summed E-state index contributed by atoms with van der Waals surface area (Å²) in [4.78, 5) is 17.5. The van der Waals surface area contributed by atoms with Crippen molar-refractivity contribution in [1.82, 2.24) is 10.3 Å². The Kier molecular flexibility index (Phi) is 6.74. The predicted molar refractivity (Wildman–Crippen MR) is 125 cm³/mol. The molecule has 0 radical (unpaired) electrons. The molecule has 2 aromatic carbocycles. The number of amides is 1. The van der Waals surface area contributed by atoms with Gasteiger partial charge in [0.1, 0.15) is 6.61 Å². The molecule has 1 unspecified atom stereocenters. The summed E-state index contributed by atoms with van der Waals surface area (Å²) in [5.74, 6) is 1.42. The van der Waals surface area contributed by atoms with E-state index in [9.17, 15) is 4.79 Å². The fourth-order valence-electron chi connectivity index (χ4n) is 4.51. The Morgan fingerprint density at radius 2 is 1.75 bits per heavy atom. The Hall–Kier alpha value is -3.34. The van der Waals surface area contributed by atoms with Gasteiger partial charge in [-0.2, -0.15) is 0 Å². The molecule has 1 atom stereocenters. The molecular formula is C27H30N2O3. The van der Waals surface area contributed by atoms with E-state index in [0.29, 0.717) is 18.1 Å². The van der Waals surface area contributed by atoms with Crippen LogP contribution in [0.1, 0.15) is 55.3 Å². The maximum Gasteiger partial charge on any atom is 0.231 e. The molecule has 1 fully saturated rings. The number of methoxy groups -OCH3 is 1. The first-order valence-corrected chi connectivity index (χ1v) is 11.2. The topological polar surface area (TPSA) is 60.5 Å². The molecule has 0 saturated heterocycles. The van der Waals surface area contributed by atoms with Crippen molar-refractivity contribution in [2.24, 2.45) is 0 Å². The van der Waals surface area contributed by atoms with E-state index in [-0.39, 0.29) is 11.9 Å². The maximum atomic E-state index is 13.5. The summed E-state index contributed by atoms with van der Waals surface area (Å²) >= 11 is 0. The lowest BCUT2D eigenvalue weighted by molar-refractivity contribution is -0.127. The van der Waals surface area contributed by atoms with Crippen LogP contribution >= 0.6 is 0 Å². The third kappa shape index (κ3) is 4.62. The minimum Gasteiger partial charge on any atom is -0.493 e. The summed E-state index contributed by atoms with van der Waals surface area (Å²) in [5.41, 5.74) is 2.69. The van der Waals surface area contributed by atoms with Gasteiger partial charge in [-0.1, -0.05) is 49.2 Å². The second kappa shape index (κ2) is 9.86. The Labute approximate surface area is 189 Å². The summed E-state index contributed by atoms with van der Waals surface area (Å²) in [6, 6.07) is 19.7. The van der Waals surface area contributed by atoms with E-state index in [1.165, 1.54) is 0 Å². The molecule has 0 aliphatic heterocycles. The lowest BCUT2D eigenvalue weighted by Crippen LogP contribution is -2.43. The highest BCUT2D eigenvalue weighted by molar-refractivity contribution is 5.89. The molecule has 1 aromatic heterocycles. The molecule has 0 bridgehead atoms. The first-order chi connectivity index (χ1) is 15.6. The van der Waals surface area contributed by atoms with Gasteiger partial charge >= 0.3 is 0 Å². The van der Waals surface area contributed by atoms with Gasteiger partial charge in [-0.25, -0.2) is 0 Å². The normalized spacial score (nSPS) is 15.7. The molecule has 166 valence electrons. The number of benzene rings is 2. The van der Waals surface area contributed by atoms with E-state index in [1.807, 2.05) is 55.5 Å². The van der Waals surface area contributed by atoms with Crippen LogP contribution in [0.2, 0.25) is 0 Å². The van der Waals surface area contributed by atoms with Crippen molar-refractivity contribution in [3.8, 4) is 11.5 Å². The minimum absolute atomic E-state index is 0.102. The third-order valence-corrected chi connectivity index (χ3v) is 6.40. The van der Waals surface area contributed by atoms with Gasteiger partial charge in [0.15, 0.2) is 11.5 Å². The number of rotatable bonds is 8. The van der Waals surface area contributed by atoms with Crippen molar-refractivity contribution in [2.75, 3.05) is 7.11 Å². The van der Waals surface area contributed by atoms with Gasteiger partial charge in [0, 0.05) is 12.4 Å². The molecule has 1 amide bonds. The van der Waals surface area contributed by atoms with Crippen molar-refractivity contribution < 1.29 is 14.3 Å². The molecule has 3 aromatic rings. The average Bonchev–Trinajstić information content (AvgIpc) is 3.35. The predicted octanol–water partition coefficient (Wildman–Crippen LogP) is 5.36. The van der Waals surface area contributed by atoms with E-state index >= 15 is 0 Å². The number of pyridine rings is 1. The number of nitrogens with one attached hydrogen (secondary N) is 1. The van der Waals surface area contributed by atoms with Crippen LogP contribution in [-0.2, 0) is 16.8 Å². The second-order valence-electron chi connectivity index (χ2n) is 8.40. The van der Waals surface area contributed by atoms with Gasteiger partial charge in [0.2, 0.25) is 5.91 Å². The monoisotopic (exact) mass is 430 g/mol. The van der Waals surface area contributed by atoms with Crippen molar-refractivity contribution in [3.05, 3.63) is 89.7 Å². The first-order valence-electron chi connectivity index (χ1n) is 11.2. The number of hydrogen-bond acceptors (Lipinski definition) is 4. The Bertz CT molecular complexity index is 1030. The van der Waals surface area contributed by atoms with Gasteiger partial charge in [-0.3, -0.25) is 9.78 Å². The van der Waals surface area contributed by atoms with Gasteiger partial charge in [0.25, 0.3) is 0 Å². The zero-order chi connectivity index (χ0) is 22.4. The number of carbonyl (C=O) groups excluding carboxylic acids is 1. The Balaban J connectivity index is 1.48. The summed E-state index contributed by atoms with van der Waals surface area (Å²) in [5, 5.41) is 3.26. The summed E-state index contributed by atoms with van der Waals surface area (Å²) in [7, 11) is 1.63. The molecule has 4 rings (SSSR count). The smallest absolute Gasteiger partial charge is 0.231 e. The second-order valence-corrected chi connectivity index (χ2v) is 8.40. The van der Waals surface area contributed by atoms with Crippen molar-refractivity contribution in [3.63, 3.8) is 0 Å². The highest BCUT2D eigenvalue weighted by Crippen LogP contribution is 2.42. The fourth-order valence-corrected chi connectivity index (χ4v) is 4.51. The largest absolute Gasteiger partial charge is 0.493 e. The van der Waals surface area contributed by atoms with Crippen LogP contribution in [0.15, 0.2) is 73.1 Å². The number of aromatic nitrogens is 1. The van der Waals surface area contributed by atoms with Crippen molar-refractivity contribution in [1.29, 1.82) is 0 Å². The molecule has 5 nitrogen and oxygen atoms in total. The number of carbonyl (C=O) groups is 1. The van der Waals surface area contributed by atoms with Crippen LogP contribution in [0.3, 0.4) is 0 Å². The highest BCUT2D eigenvalue weighted by atomic mass is 16.5. The summed E-state index contributed by atoms with van der Waals surface area (Å²) < 4.78 is 11.5. The fraction of sp³-hybridized carbons (Fsp3) is 0.333. The molecule has 1 heterocycles. The lowest BCUT2D eigenvalue weighted by Gasteiger charge is -2.30. The van der Waals surface area contributed by atoms with Crippen LogP contribution in [0.25, 0.3) is 0 Å². The zero-order valence-electron chi connectivity index (χ0n) is 18.7. The van der Waals surface area contributed by atoms with Crippen molar-refractivity contribution >= 4 is 5.91 Å². The Morgan fingerprint density at radius 1 is 1.03 bits per heavy atom. The number of hydrogen-bond donors (Lipinski definition) is 1. The van der Waals surface area contributed by atoms with Crippen LogP contribution in [0, 0.1) is 0 Å². The van der Waals surface area contributed by atoms with Gasteiger partial charge < -0.3 is 14.8 Å². The average molecular weight is 431 g/mol. The third-order valence-electron chi connectivity index (χ3n) is 6.40. The van der Waals surface area contributed by atoms with Gasteiger partial charge in [-0.15, -0.1) is 0 Å².